The second kappa shape index (κ2) is 11.3. The number of phenols is 1. The van der Waals surface area contributed by atoms with Gasteiger partial charge in [-0.1, -0.05) is 48.0 Å². The van der Waals surface area contributed by atoms with Gasteiger partial charge in [0.25, 0.3) is 0 Å². The van der Waals surface area contributed by atoms with Crippen molar-refractivity contribution in [1.29, 1.82) is 0 Å². The van der Waals surface area contributed by atoms with E-state index in [1.165, 1.54) is 36.4 Å². The summed E-state index contributed by atoms with van der Waals surface area (Å²) < 4.78 is 0. The molecule has 3 fully saturated rings. The molecule has 238 valence electrons. The van der Waals surface area contributed by atoms with Gasteiger partial charge in [-0.25, -0.2) is 0 Å². The molecule has 0 radical (unpaired) electrons. The fourth-order valence-electron chi connectivity index (χ4n) is 8.29. The number of aromatic hydroxyl groups is 1. The molecule has 5 N–H and O–H groups in total. The maximum atomic E-state index is 14.3. The number of nitrogens with zero attached hydrogens (tertiary/aromatic N) is 2. The quantitative estimate of drug-likeness (QED) is 0.151. The van der Waals surface area contributed by atoms with Crippen LogP contribution in [0.1, 0.15) is 35.4 Å². The topological polar surface area (TPSA) is 176 Å². The molecule has 2 saturated heterocycles. The van der Waals surface area contributed by atoms with Crippen molar-refractivity contribution in [2.45, 2.75) is 32.6 Å². The molecule has 0 spiro atoms. The summed E-state index contributed by atoms with van der Waals surface area (Å²) >= 11 is 0. The zero-order valence-corrected chi connectivity index (χ0v) is 25.6. The first-order valence-electron chi connectivity index (χ1n) is 15.6. The molecule has 2 aliphatic heterocycles. The van der Waals surface area contributed by atoms with Crippen LogP contribution in [0, 0.1) is 43.4 Å². The monoisotopic (exact) mass is 634 g/mol. The Hall–Kier alpha value is -4.55. The number of rotatable bonds is 5. The number of hydrogen-bond donors (Lipinski definition) is 5. The van der Waals surface area contributed by atoms with E-state index >= 15 is 0 Å². The number of imide groups is 2. The van der Waals surface area contributed by atoms with Crippen LogP contribution < -0.4 is 20.7 Å². The highest BCUT2D eigenvalue weighted by Gasteiger charge is 2.62. The molecule has 2 aliphatic carbocycles. The van der Waals surface area contributed by atoms with Crippen molar-refractivity contribution in [2.24, 2.45) is 29.6 Å². The second-order valence-corrected chi connectivity index (χ2v) is 13.0. The number of allylic oxidation sites excluding steroid dienone is 2. The van der Waals surface area contributed by atoms with Crippen LogP contribution in [-0.4, -0.2) is 63.1 Å². The number of carbonyl (C=O) groups is 4. The van der Waals surface area contributed by atoms with Crippen molar-refractivity contribution >= 4 is 60.2 Å². The van der Waals surface area contributed by atoms with E-state index in [9.17, 15) is 44.4 Å². The average Bonchev–Trinajstić information content (AvgIpc) is 3.45. The Morgan fingerprint density at radius 3 is 1.70 bits per heavy atom. The van der Waals surface area contributed by atoms with Gasteiger partial charge in [0.05, 0.1) is 35.0 Å². The highest BCUT2D eigenvalue weighted by molar-refractivity contribution is 6.59. The van der Waals surface area contributed by atoms with Crippen LogP contribution in [0.5, 0.6) is 5.75 Å². The van der Waals surface area contributed by atoms with E-state index in [0.717, 1.165) is 15.4 Å². The van der Waals surface area contributed by atoms with Crippen LogP contribution in [0.4, 0.5) is 11.4 Å². The largest absolute Gasteiger partial charge is 0.507 e. The van der Waals surface area contributed by atoms with E-state index < -0.39 is 73.4 Å². The van der Waals surface area contributed by atoms with Crippen molar-refractivity contribution in [1.82, 2.24) is 0 Å². The van der Waals surface area contributed by atoms with Crippen LogP contribution >= 0.6 is 0 Å². The van der Waals surface area contributed by atoms with Crippen molar-refractivity contribution in [3.63, 3.8) is 0 Å². The fourth-order valence-corrected chi connectivity index (χ4v) is 8.29. The van der Waals surface area contributed by atoms with Crippen LogP contribution in [0.25, 0.3) is 0 Å². The summed E-state index contributed by atoms with van der Waals surface area (Å²) in [6, 6.07) is 15.5. The molecule has 0 unspecified atom stereocenters. The molecule has 0 bridgehead atoms. The molecule has 2 heterocycles. The fraction of sp³-hybridized carbons (Fsp3) is 0.294. The van der Waals surface area contributed by atoms with Gasteiger partial charge >= 0.3 is 14.2 Å². The number of carbonyl (C=O) groups excluding carboxylic acids is 4. The maximum Gasteiger partial charge on any atom is 0.488 e. The molecular formula is C34H32B2N2O9. The van der Waals surface area contributed by atoms with Crippen LogP contribution in [0.3, 0.4) is 0 Å². The molecule has 11 nitrogen and oxygen atoms in total. The summed E-state index contributed by atoms with van der Waals surface area (Å²) in [5.41, 5.74) is 3.36. The molecule has 47 heavy (non-hydrogen) atoms. The first-order chi connectivity index (χ1) is 22.4. The zero-order chi connectivity index (χ0) is 33.5. The van der Waals surface area contributed by atoms with E-state index in [-0.39, 0.29) is 40.9 Å². The van der Waals surface area contributed by atoms with E-state index in [1.807, 2.05) is 6.08 Å². The highest BCUT2D eigenvalue weighted by Crippen LogP contribution is 2.58. The van der Waals surface area contributed by atoms with Crippen LogP contribution in [0.15, 0.2) is 72.3 Å². The number of amides is 4. The van der Waals surface area contributed by atoms with Crippen molar-refractivity contribution < 1.29 is 44.4 Å². The van der Waals surface area contributed by atoms with E-state index in [0.29, 0.717) is 16.7 Å². The molecular weight excluding hydrogens is 602 g/mol. The van der Waals surface area contributed by atoms with Gasteiger partial charge in [-0.15, -0.1) is 0 Å². The van der Waals surface area contributed by atoms with E-state index in [4.69, 9.17) is 0 Å². The predicted octanol–water partition coefficient (Wildman–Crippen LogP) is 0.414. The third-order valence-corrected chi connectivity index (χ3v) is 10.4. The highest BCUT2D eigenvalue weighted by atomic mass is 16.4. The second-order valence-electron chi connectivity index (χ2n) is 13.0. The molecule has 13 heteroatoms. The van der Waals surface area contributed by atoms with Gasteiger partial charge < -0.3 is 25.2 Å². The Bertz CT molecular complexity index is 1870. The number of fused-ring (bicyclic) bond motifs is 4. The maximum absolute atomic E-state index is 14.3. The number of aryl methyl sites for hydroxylation is 2. The Kier molecular flexibility index (Phi) is 7.47. The molecule has 4 amide bonds. The van der Waals surface area contributed by atoms with E-state index in [1.54, 1.807) is 38.1 Å². The average molecular weight is 634 g/mol. The summed E-state index contributed by atoms with van der Waals surface area (Å²) in [5.74, 6) is -6.03. The van der Waals surface area contributed by atoms with E-state index in [2.05, 4.69) is 0 Å². The standard InChI is InChI=1S/C34H32B2N2O9/c1-16-11-18(12-17(2)30(16)39)27-23-9-10-24-28(33(42)37(31(24)40)21-7-3-5-19(13-21)35(44)45)25(23)15-26-29(27)34(43)38(32(26)41)22-8-4-6-20(14-22)36(46)47/h3-9,11-14,24-29,39,44-47H,10,15H2,1-2H3/t24-,25+,26+,27-,28-,29+/m0/s1. The first-order valence-corrected chi connectivity index (χ1v) is 15.6. The van der Waals surface area contributed by atoms with Crippen molar-refractivity contribution in [3.8, 4) is 5.75 Å². The van der Waals surface area contributed by atoms with Gasteiger partial charge in [-0.05, 0) is 84.5 Å². The van der Waals surface area contributed by atoms with Gasteiger partial charge in [0.1, 0.15) is 5.75 Å². The summed E-state index contributed by atoms with van der Waals surface area (Å²) in [6.45, 7) is 3.51. The Morgan fingerprint density at radius 1 is 0.660 bits per heavy atom. The smallest absolute Gasteiger partial charge is 0.488 e. The number of benzene rings is 3. The number of phenolic OH excluding ortho intramolecular Hbond substituents is 1. The minimum absolute atomic E-state index is 0.117. The van der Waals surface area contributed by atoms with Gasteiger partial charge in [0, 0.05) is 5.92 Å². The molecule has 0 aromatic heterocycles. The van der Waals surface area contributed by atoms with Gasteiger partial charge in [0.2, 0.25) is 23.6 Å². The summed E-state index contributed by atoms with van der Waals surface area (Å²) in [6.07, 6.45) is 2.32. The van der Waals surface area contributed by atoms with Crippen LogP contribution in [0.2, 0.25) is 0 Å². The Labute approximate surface area is 271 Å². The lowest BCUT2D eigenvalue weighted by Crippen LogP contribution is -2.43. The van der Waals surface area contributed by atoms with Crippen LogP contribution in [-0.2, 0) is 19.2 Å². The lowest BCUT2D eigenvalue weighted by molar-refractivity contribution is -0.126. The normalized spacial score (nSPS) is 26.6. The lowest BCUT2D eigenvalue weighted by Gasteiger charge is -2.44. The Morgan fingerprint density at radius 2 is 1.17 bits per heavy atom. The minimum Gasteiger partial charge on any atom is -0.507 e. The van der Waals surface area contributed by atoms with Crippen molar-refractivity contribution in [2.75, 3.05) is 9.80 Å². The molecule has 7 rings (SSSR count). The zero-order valence-electron chi connectivity index (χ0n) is 25.6. The third kappa shape index (κ3) is 4.76. The van der Waals surface area contributed by atoms with Gasteiger partial charge in [-0.2, -0.15) is 0 Å². The molecule has 1 saturated carbocycles. The molecule has 6 atom stereocenters. The van der Waals surface area contributed by atoms with Gasteiger partial charge in [-0.3, -0.25) is 29.0 Å². The summed E-state index contributed by atoms with van der Waals surface area (Å²) in [4.78, 5) is 58.7. The SMILES string of the molecule is Cc1cc([C@H]2C3=CC[C@@H]4C(=O)N(c5cccc(B(O)O)c5)C(=O)[C@@H]4[C@@H]3C[C@H]3C(=O)N(c4cccc(B(O)O)c4)C(=O)[C@@H]23)cc(C)c1O. The third-order valence-electron chi connectivity index (χ3n) is 10.4. The van der Waals surface area contributed by atoms with Gasteiger partial charge in [0.15, 0.2) is 0 Å². The lowest BCUT2D eigenvalue weighted by atomic mass is 9.57. The summed E-state index contributed by atoms with van der Waals surface area (Å²) in [5, 5.41) is 49.5. The Balaban J connectivity index is 1.34. The number of hydrogen-bond acceptors (Lipinski definition) is 9. The predicted molar refractivity (Wildman–Crippen MR) is 173 cm³/mol. The number of anilines is 2. The molecule has 3 aromatic carbocycles. The summed E-state index contributed by atoms with van der Waals surface area (Å²) in [7, 11) is -3.59. The molecule has 4 aliphatic rings. The van der Waals surface area contributed by atoms with Crippen molar-refractivity contribution in [3.05, 3.63) is 89.0 Å². The first kappa shape index (κ1) is 31.1. The molecule has 3 aromatic rings. The minimum atomic E-state index is -1.80.